The van der Waals surface area contributed by atoms with Crippen LogP contribution in [0.1, 0.15) is 12.0 Å². The van der Waals surface area contributed by atoms with Gasteiger partial charge in [-0.05, 0) is 63.8 Å². The predicted molar refractivity (Wildman–Crippen MR) is 95.7 cm³/mol. The van der Waals surface area contributed by atoms with E-state index in [0.29, 0.717) is 5.82 Å². The number of nitrogens with one attached hydrogen (secondary N) is 2. The maximum absolute atomic E-state index is 12.3. The molecule has 1 aromatic carbocycles. The first-order valence-corrected chi connectivity index (χ1v) is 9.17. The van der Waals surface area contributed by atoms with Crippen molar-refractivity contribution < 1.29 is 8.42 Å². The van der Waals surface area contributed by atoms with Gasteiger partial charge in [0.15, 0.2) is 5.82 Å². The highest BCUT2D eigenvalue weighted by atomic mass is 32.2. The molecule has 0 aliphatic heterocycles. The van der Waals surface area contributed by atoms with Gasteiger partial charge in [0, 0.05) is 6.54 Å². The zero-order chi connectivity index (χ0) is 17.6. The Bertz CT molecular complexity index is 760. The lowest BCUT2D eigenvalue weighted by atomic mass is 10.2. The van der Waals surface area contributed by atoms with Crippen LogP contribution in [0.5, 0.6) is 0 Å². The van der Waals surface area contributed by atoms with Crippen LogP contribution in [0.3, 0.4) is 0 Å². The van der Waals surface area contributed by atoms with Crippen molar-refractivity contribution in [2.24, 2.45) is 0 Å². The van der Waals surface area contributed by atoms with Crippen molar-refractivity contribution in [3.63, 3.8) is 0 Å². The molecule has 0 amide bonds. The fraction of sp³-hybridized carbons (Fsp3) is 0.375. The van der Waals surface area contributed by atoms with E-state index in [1.807, 2.05) is 27.1 Å². The van der Waals surface area contributed by atoms with Gasteiger partial charge in [-0.15, -0.1) is 10.2 Å². The lowest BCUT2D eigenvalue weighted by Crippen LogP contribution is -2.17. The average molecular weight is 349 g/mol. The highest BCUT2D eigenvalue weighted by Crippen LogP contribution is 2.15. The molecule has 1 aromatic heterocycles. The molecule has 0 saturated carbocycles. The van der Waals surface area contributed by atoms with Gasteiger partial charge < -0.3 is 10.2 Å². The molecule has 0 bridgehead atoms. The number of hydrogen-bond donors (Lipinski definition) is 2. The number of hydrogen-bond acceptors (Lipinski definition) is 6. The molecule has 2 rings (SSSR count). The van der Waals surface area contributed by atoms with E-state index in [9.17, 15) is 8.42 Å². The van der Waals surface area contributed by atoms with Crippen molar-refractivity contribution in [2.45, 2.75) is 18.2 Å². The quantitative estimate of drug-likeness (QED) is 0.708. The van der Waals surface area contributed by atoms with Crippen LogP contribution >= 0.6 is 0 Å². The summed E-state index contributed by atoms with van der Waals surface area (Å²) >= 11 is 0. The summed E-state index contributed by atoms with van der Waals surface area (Å²) in [5.74, 6) is 0.808. The minimum atomic E-state index is -3.66. The summed E-state index contributed by atoms with van der Waals surface area (Å²) in [5, 5.41) is 11.1. The van der Waals surface area contributed by atoms with Crippen LogP contribution in [0.4, 0.5) is 11.6 Å². The lowest BCUT2D eigenvalue weighted by Gasteiger charge is -2.10. The van der Waals surface area contributed by atoms with Crippen molar-refractivity contribution in [1.82, 2.24) is 15.1 Å². The first-order valence-electron chi connectivity index (χ1n) is 7.69. The van der Waals surface area contributed by atoms with Crippen LogP contribution in [0.2, 0.25) is 0 Å². The molecular weight excluding hydrogens is 326 g/mol. The largest absolute Gasteiger partial charge is 0.369 e. The van der Waals surface area contributed by atoms with Gasteiger partial charge in [0.25, 0.3) is 10.0 Å². The molecule has 24 heavy (non-hydrogen) atoms. The summed E-state index contributed by atoms with van der Waals surface area (Å²) in [6, 6.07) is 10.00. The SMILES string of the molecule is Cc1cccc(S(=O)(=O)Nc2ccc(NCCCN(C)C)nn2)c1. The van der Waals surface area contributed by atoms with E-state index in [0.717, 1.165) is 25.1 Å². The van der Waals surface area contributed by atoms with E-state index in [1.165, 1.54) is 0 Å². The third-order valence-corrected chi connectivity index (χ3v) is 4.64. The van der Waals surface area contributed by atoms with Crippen molar-refractivity contribution in [2.75, 3.05) is 37.2 Å². The molecule has 0 saturated heterocycles. The molecule has 0 spiro atoms. The van der Waals surface area contributed by atoms with E-state index in [2.05, 4.69) is 25.1 Å². The summed E-state index contributed by atoms with van der Waals surface area (Å²) in [7, 11) is 0.388. The van der Waals surface area contributed by atoms with Crippen molar-refractivity contribution in [1.29, 1.82) is 0 Å². The maximum atomic E-state index is 12.3. The third kappa shape index (κ3) is 5.47. The Morgan fingerprint density at radius 3 is 2.42 bits per heavy atom. The van der Waals surface area contributed by atoms with Crippen LogP contribution in [0, 0.1) is 6.92 Å². The number of sulfonamides is 1. The molecule has 0 atom stereocenters. The Balaban J connectivity index is 1.96. The van der Waals surface area contributed by atoms with Crippen LogP contribution in [-0.2, 0) is 10.0 Å². The number of aryl methyl sites for hydroxylation is 1. The summed E-state index contributed by atoms with van der Waals surface area (Å²) in [6.45, 7) is 3.60. The standard InChI is InChI=1S/C16H23N5O2S/c1-13-6-4-7-14(12-13)24(22,23)20-16-9-8-15(18-19-16)17-10-5-11-21(2)3/h4,6-9,12H,5,10-11H2,1-3H3,(H,17,18)(H,19,20). The van der Waals surface area contributed by atoms with Gasteiger partial charge in [-0.2, -0.15) is 0 Å². The van der Waals surface area contributed by atoms with Gasteiger partial charge in [-0.3, -0.25) is 4.72 Å². The Morgan fingerprint density at radius 1 is 1.08 bits per heavy atom. The zero-order valence-corrected chi connectivity index (χ0v) is 15.0. The first-order chi connectivity index (χ1) is 11.4. The Labute approximate surface area is 143 Å². The molecule has 1 heterocycles. The first kappa shape index (κ1) is 18.2. The number of nitrogens with zero attached hydrogens (tertiary/aromatic N) is 3. The summed E-state index contributed by atoms with van der Waals surface area (Å²) in [4.78, 5) is 2.31. The molecular formula is C16H23N5O2S. The summed E-state index contributed by atoms with van der Waals surface area (Å²) in [5.41, 5.74) is 0.876. The summed E-state index contributed by atoms with van der Waals surface area (Å²) in [6.07, 6.45) is 0.983. The second-order valence-electron chi connectivity index (χ2n) is 5.81. The lowest BCUT2D eigenvalue weighted by molar-refractivity contribution is 0.405. The van der Waals surface area contributed by atoms with Gasteiger partial charge >= 0.3 is 0 Å². The summed E-state index contributed by atoms with van der Waals surface area (Å²) < 4.78 is 27.1. The Hall–Kier alpha value is -2.19. The van der Waals surface area contributed by atoms with Gasteiger partial charge in [0.2, 0.25) is 0 Å². The highest BCUT2D eigenvalue weighted by molar-refractivity contribution is 7.92. The van der Waals surface area contributed by atoms with E-state index >= 15 is 0 Å². The molecule has 0 aliphatic rings. The minimum absolute atomic E-state index is 0.190. The minimum Gasteiger partial charge on any atom is -0.369 e. The number of anilines is 2. The molecule has 7 nitrogen and oxygen atoms in total. The number of aromatic nitrogens is 2. The zero-order valence-electron chi connectivity index (χ0n) is 14.2. The molecule has 8 heteroatoms. The Kier molecular flexibility index (Phi) is 6.10. The van der Waals surface area contributed by atoms with Gasteiger partial charge in [-0.25, -0.2) is 8.42 Å². The van der Waals surface area contributed by atoms with Gasteiger partial charge in [-0.1, -0.05) is 12.1 Å². The van der Waals surface area contributed by atoms with E-state index in [1.54, 1.807) is 30.3 Å². The van der Waals surface area contributed by atoms with Crippen molar-refractivity contribution in [3.8, 4) is 0 Å². The molecule has 0 fully saturated rings. The monoisotopic (exact) mass is 349 g/mol. The average Bonchev–Trinajstić information content (AvgIpc) is 2.52. The van der Waals surface area contributed by atoms with Crippen LogP contribution in [-0.4, -0.2) is 50.7 Å². The fourth-order valence-corrected chi connectivity index (χ4v) is 3.17. The highest BCUT2D eigenvalue weighted by Gasteiger charge is 2.15. The molecule has 2 N–H and O–H groups in total. The van der Waals surface area contributed by atoms with Gasteiger partial charge in [0.05, 0.1) is 4.90 Å². The van der Waals surface area contributed by atoms with E-state index in [-0.39, 0.29) is 10.7 Å². The van der Waals surface area contributed by atoms with Crippen molar-refractivity contribution >= 4 is 21.7 Å². The maximum Gasteiger partial charge on any atom is 0.263 e. The molecule has 0 aliphatic carbocycles. The topological polar surface area (TPSA) is 87.2 Å². The third-order valence-electron chi connectivity index (χ3n) is 3.29. The second-order valence-corrected chi connectivity index (χ2v) is 7.49. The van der Waals surface area contributed by atoms with Gasteiger partial charge in [0.1, 0.15) is 5.82 Å². The number of rotatable bonds is 8. The smallest absolute Gasteiger partial charge is 0.263 e. The molecule has 0 radical (unpaired) electrons. The fourth-order valence-electron chi connectivity index (χ4n) is 2.07. The van der Waals surface area contributed by atoms with Crippen LogP contribution in [0.25, 0.3) is 0 Å². The normalized spacial score (nSPS) is 11.5. The van der Waals surface area contributed by atoms with E-state index in [4.69, 9.17) is 0 Å². The number of benzene rings is 1. The van der Waals surface area contributed by atoms with Crippen LogP contribution < -0.4 is 10.0 Å². The molecule has 2 aromatic rings. The Morgan fingerprint density at radius 2 is 1.79 bits per heavy atom. The molecule has 130 valence electrons. The van der Waals surface area contributed by atoms with Crippen LogP contribution in [0.15, 0.2) is 41.3 Å². The second kappa shape index (κ2) is 8.07. The predicted octanol–water partition coefficient (Wildman–Crippen LogP) is 1.95. The molecule has 0 unspecified atom stereocenters. The van der Waals surface area contributed by atoms with Crippen molar-refractivity contribution in [3.05, 3.63) is 42.0 Å². The van der Waals surface area contributed by atoms with E-state index < -0.39 is 10.0 Å².